The van der Waals surface area contributed by atoms with Gasteiger partial charge in [-0.1, -0.05) is 0 Å². The van der Waals surface area contributed by atoms with Crippen LogP contribution in [-0.4, -0.2) is 19.9 Å². The minimum absolute atomic E-state index is 0.130. The molecule has 0 aromatic carbocycles. The molecule has 0 aliphatic carbocycles. The van der Waals surface area contributed by atoms with Crippen molar-refractivity contribution in [2.75, 3.05) is 0 Å². The predicted molar refractivity (Wildman–Crippen MR) is 39.9 cm³/mol. The highest BCUT2D eigenvalue weighted by molar-refractivity contribution is 5.67. The van der Waals surface area contributed by atoms with Crippen molar-refractivity contribution in [2.24, 2.45) is 0 Å². The second-order valence-electron chi connectivity index (χ2n) is 2.11. The third-order valence-corrected chi connectivity index (χ3v) is 1.27. The molecule has 0 amide bonds. The average molecular weight is 147 g/mol. The van der Waals surface area contributed by atoms with E-state index in [1.165, 1.54) is 6.20 Å². The van der Waals surface area contributed by atoms with Gasteiger partial charge < -0.3 is 0 Å². The van der Waals surface area contributed by atoms with E-state index in [0.717, 1.165) is 0 Å². The molecule has 2 aromatic heterocycles. The number of aryl methyl sites for hydroxylation is 1. The Bertz CT molecular complexity index is 429. The number of rotatable bonds is 0. The molecule has 2 aromatic rings. The molecule has 0 unspecified atom stereocenters. The summed E-state index contributed by atoms with van der Waals surface area (Å²) < 4.78 is 7.45. The van der Waals surface area contributed by atoms with Crippen LogP contribution in [-0.2, 0) is 0 Å². The minimum atomic E-state index is 0.130. The van der Waals surface area contributed by atoms with Crippen LogP contribution in [0.1, 0.15) is 7.20 Å². The Morgan fingerprint density at radius 1 is 1.27 bits per heavy atom. The second-order valence-corrected chi connectivity index (χ2v) is 2.11. The van der Waals surface area contributed by atoms with Gasteiger partial charge in [0.15, 0.2) is 5.65 Å². The molecule has 0 saturated carbocycles. The molecule has 0 N–H and O–H groups in total. The Morgan fingerprint density at radius 3 is 3.00 bits per heavy atom. The van der Waals surface area contributed by atoms with E-state index in [9.17, 15) is 0 Å². The predicted octanol–water partition coefficient (Wildman–Crippen LogP) is 0.728. The first-order chi connectivity index (χ1) is 5.77. The van der Waals surface area contributed by atoms with Crippen LogP contribution in [0.5, 0.6) is 0 Å². The number of hydrogen-bond acceptors (Lipinski definition) is 4. The monoisotopic (exact) mass is 147 g/mol. The molecule has 4 nitrogen and oxygen atoms in total. The number of aromatic nitrogens is 4. The molecule has 11 heavy (non-hydrogen) atoms. The molecule has 0 bridgehead atoms. The standard InChI is InChI=1S/C7H6N4/c1-5-10-4-6-7(11-5)9-3-2-8-6/h2-4H,1H3/i4D. The molecule has 54 valence electrons. The highest BCUT2D eigenvalue weighted by Crippen LogP contribution is 2.01. The molecule has 0 saturated heterocycles. The van der Waals surface area contributed by atoms with Crippen LogP contribution in [0.25, 0.3) is 11.2 Å². The van der Waals surface area contributed by atoms with Gasteiger partial charge in [0.25, 0.3) is 0 Å². The summed E-state index contributed by atoms with van der Waals surface area (Å²) in [5.74, 6) is 0.549. The van der Waals surface area contributed by atoms with Crippen LogP contribution in [0.3, 0.4) is 0 Å². The van der Waals surface area contributed by atoms with Gasteiger partial charge in [0.1, 0.15) is 11.3 Å². The van der Waals surface area contributed by atoms with Crippen LogP contribution in [0.4, 0.5) is 0 Å². The fourth-order valence-corrected chi connectivity index (χ4v) is 0.803. The zero-order chi connectivity index (χ0) is 8.55. The summed E-state index contributed by atoms with van der Waals surface area (Å²) in [6.07, 6.45) is 3.21. The van der Waals surface area contributed by atoms with Crippen LogP contribution in [0.15, 0.2) is 18.6 Å². The lowest BCUT2D eigenvalue weighted by molar-refractivity contribution is 1.06. The zero-order valence-electron chi connectivity index (χ0n) is 6.94. The van der Waals surface area contributed by atoms with Gasteiger partial charge in [-0.15, -0.1) is 0 Å². The molecule has 0 aliphatic heterocycles. The van der Waals surface area contributed by atoms with Crippen molar-refractivity contribution in [3.63, 3.8) is 0 Å². The molecular weight excluding hydrogens is 140 g/mol. The van der Waals surface area contributed by atoms with Gasteiger partial charge >= 0.3 is 0 Å². The van der Waals surface area contributed by atoms with E-state index in [2.05, 4.69) is 19.9 Å². The van der Waals surface area contributed by atoms with E-state index in [1.807, 2.05) is 0 Å². The average Bonchev–Trinajstić information content (AvgIpc) is 2.04. The van der Waals surface area contributed by atoms with Crippen molar-refractivity contribution in [1.29, 1.82) is 0 Å². The van der Waals surface area contributed by atoms with Gasteiger partial charge in [-0.2, -0.15) is 0 Å². The van der Waals surface area contributed by atoms with E-state index in [-0.39, 0.29) is 6.17 Å². The second kappa shape index (κ2) is 2.23. The Kier molecular flexibility index (Phi) is 1.04. The van der Waals surface area contributed by atoms with Gasteiger partial charge in [0.2, 0.25) is 0 Å². The topological polar surface area (TPSA) is 51.6 Å². The van der Waals surface area contributed by atoms with Gasteiger partial charge in [-0.05, 0) is 6.92 Å². The summed E-state index contributed by atoms with van der Waals surface area (Å²) in [6.45, 7) is 1.73. The summed E-state index contributed by atoms with van der Waals surface area (Å²) in [5.41, 5.74) is 0.929. The zero-order valence-corrected chi connectivity index (χ0v) is 5.94. The molecule has 0 spiro atoms. The smallest absolute Gasteiger partial charge is 0.181 e. The van der Waals surface area contributed by atoms with Gasteiger partial charge in [0.05, 0.1) is 7.54 Å². The summed E-state index contributed by atoms with van der Waals surface area (Å²) in [4.78, 5) is 15.8. The lowest BCUT2D eigenvalue weighted by Crippen LogP contribution is -1.91. The molecule has 2 rings (SSSR count). The van der Waals surface area contributed by atoms with Crippen LogP contribution < -0.4 is 0 Å². The highest BCUT2D eigenvalue weighted by Gasteiger charge is 1.95. The third kappa shape index (κ3) is 1.02. The summed E-state index contributed by atoms with van der Waals surface area (Å²) >= 11 is 0. The summed E-state index contributed by atoms with van der Waals surface area (Å²) in [6, 6.07) is 0. The van der Waals surface area contributed by atoms with Gasteiger partial charge in [0, 0.05) is 12.4 Å². The fraction of sp³-hybridized carbons (Fsp3) is 0.143. The SMILES string of the molecule is [2H]c1nc(C)nc2nccnc12. The lowest BCUT2D eigenvalue weighted by atomic mass is 10.5. The van der Waals surface area contributed by atoms with E-state index >= 15 is 0 Å². The third-order valence-electron chi connectivity index (χ3n) is 1.27. The normalized spacial score (nSPS) is 11.5. The van der Waals surface area contributed by atoms with Crippen molar-refractivity contribution in [3.05, 3.63) is 24.4 Å². The number of hydrogen-bond donors (Lipinski definition) is 0. The largest absolute Gasteiger partial charge is 0.250 e. The molecular formula is C7H6N4. The van der Waals surface area contributed by atoms with E-state index in [4.69, 9.17) is 1.37 Å². The van der Waals surface area contributed by atoms with Crippen molar-refractivity contribution >= 4 is 11.2 Å². The Hall–Kier alpha value is -1.58. The highest BCUT2D eigenvalue weighted by atomic mass is 15.0. The Balaban J connectivity index is 2.89. The maximum atomic E-state index is 7.45. The van der Waals surface area contributed by atoms with Crippen LogP contribution >= 0.6 is 0 Å². The van der Waals surface area contributed by atoms with E-state index in [1.54, 1.807) is 13.1 Å². The lowest BCUT2D eigenvalue weighted by Gasteiger charge is -1.93. The molecule has 0 fully saturated rings. The first-order valence-electron chi connectivity index (χ1n) is 3.69. The Morgan fingerprint density at radius 2 is 2.09 bits per heavy atom. The molecule has 0 radical (unpaired) electrons. The fourth-order valence-electron chi connectivity index (χ4n) is 0.803. The molecule has 0 aliphatic rings. The van der Waals surface area contributed by atoms with Crippen molar-refractivity contribution in [3.8, 4) is 0 Å². The first kappa shape index (κ1) is 5.12. The maximum absolute atomic E-state index is 7.45. The first-order valence-corrected chi connectivity index (χ1v) is 3.19. The maximum Gasteiger partial charge on any atom is 0.181 e. The van der Waals surface area contributed by atoms with Crippen molar-refractivity contribution in [2.45, 2.75) is 6.92 Å². The number of fused-ring (bicyclic) bond motifs is 1. The number of nitrogens with zero attached hydrogens (tertiary/aromatic N) is 4. The molecule has 0 atom stereocenters. The van der Waals surface area contributed by atoms with Crippen molar-refractivity contribution < 1.29 is 1.37 Å². The van der Waals surface area contributed by atoms with Gasteiger partial charge in [-0.25, -0.2) is 19.9 Å². The summed E-state index contributed by atoms with van der Waals surface area (Å²) in [7, 11) is 0. The summed E-state index contributed by atoms with van der Waals surface area (Å²) in [5, 5.41) is 0. The minimum Gasteiger partial charge on any atom is -0.250 e. The Labute approximate surface area is 64.8 Å². The van der Waals surface area contributed by atoms with Gasteiger partial charge in [-0.3, -0.25) is 0 Å². The van der Waals surface area contributed by atoms with Crippen LogP contribution in [0, 0.1) is 6.92 Å². The molecule has 4 heteroatoms. The molecule has 2 heterocycles. The van der Waals surface area contributed by atoms with Crippen molar-refractivity contribution in [1.82, 2.24) is 19.9 Å². The van der Waals surface area contributed by atoms with E-state index < -0.39 is 0 Å². The van der Waals surface area contributed by atoms with Crippen LogP contribution in [0.2, 0.25) is 0 Å². The quantitative estimate of drug-likeness (QED) is 0.551. The van der Waals surface area contributed by atoms with E-state index in [0.29, 0.717) is 17.0 Å².